The summed E-state index contributed by atoms with van der Waals surface area (Å²) >= 11 is 0. The fraction of sp³-hybridized carbons (Fsp3) is 0.200. The Labute approximate surface area is 138 Å². The number of phenols is 1. The first-order valence-corrected chi connectivity index (χ1v) is 7.38. The highest BCUT2D eigenvalue weighted by molar-refractivity contribution is 5.50. The Kier molecular flexibility index (Phi) is 8.08. The molecule has 0 aliphatic rings. The molecule has 0 saturated heterocycles. The van der Waals surface area contributed by atoms with Crippen molar-refractivity contribution in [2.24, 2.45) is 0 Å². The minimum Gasteiger partial charge on any atom is -0.504 e. The number of aromatic hydroxyl groups is 1. The van der Waals surface area contributed by atoms with Gasteiger partial charge in [-0.1, -0.05) is 36.4 Å². The fourth-order valence-corrected chi connectivity index (χ4v) is 1.92. The predicted octanol–water partition coefficient (Wildman–Crippen LogP) is 4.86. The Morgan fingerprint density at radius 2 is 1.74 bits per heavy atom. The molecular formula is C20H24O3. The van der Waals surface area contributed by atoms with Crippen LogP contribution in [-0.2, 0) is 6.42 Å². The monoisotopic (exact) mass is 312 g/mol. The summed E-state index contributed by atoms with van der Waals surface area (Å²) in [6.45, 7) is 5.63. The molecule has 0 saturated carbocycles. The normalized spacial score (nSPS) is 9.87. The van der Waals surface area contributed by atoms with E-state index in [-0.39, 0.29) is 5.75 Å². The molecule has 23 heavy (non-hydrogen) atoms. The smallest absolute Gasteiger partial charge is 0.160 e. The molecular weight excluding hydrogens is 288 g/mol. The van der Waals surface area contributed by atoms with Crippen LogP contribution in [0.2, 0.25) is 0 Å². The summed E-state index contributed by atoms with van der Waals surface area (Å²) in [6.07, 6.45) is 6.67. The standard InChI is InChI=1S/C10H12O2.C10H12O/c1-3-4-8-5-6-9(11)10(7-8)12-2;1-3-4-9-5-7-10(11-2)8-6-9/h3,5-7,11H,1,4H2,2H3;3-8H,1-2H3. The topological polar surface area (TPSA) is 38.7 Å². The molecule has 122 valence electrons. The fourth-order valence-electron chi connectivity index (χ4n) is 1.92. The highest BCUT2D eigenvalue weighted by Crippen LogP contribution is 2.26. The van der Waals surface area contributed by atoms with Gasteiger partial charge in [-0.15, -0.1) is 6.58 Å². The number of benzene rings is 2. The second-order valence-electron chi connectivity index (χ2n) is 4.77. The second kappa shape index (κ2) is 10.1. The summed E-state index contributed by atoms with van der Waals surface area (Å²) in [4.78, 5) is 0. The minimum absolute atomic E-state index is 0.172. The zero-order valence-electron chi connectivity index (χ0n) is 14.0. The Balaban J connectivity index is 0.000000231. The van der Waals surface area contributed by atoms with E-state index in [1.165, 1.54) is 12.7 Å². The Morgan fingerprint density at radius 1 is 1.04 bits per heavy atom. The number of hydrogen-bond donors (Lipinski definition) is 1. The van der Waals surface area contributed by atoms with Crippen molar-refractivity contribution in [2.75, 3.05) is 14.2 Å². The number of phenolic OH excluding ortho intramolecular Hbond substituents is 1. The van der Waals surface area contributed by atoms with Crippen molar-refractivity contribution >= 4 is 6.08 Å². The SMILES string of the molecule is C=CCc1ccc(O)c(OC)c1.CC=Cc1ccc(OC)cc1. The molecule has 3 heteroatoms. The van der Waals surface area contributed by atoms with E-state index in [0.717, 1.165) is 17.7 Å². The zero-order chi connectivity index (χ0) is 17.1. The maximum Gasteiger partial charge on any atom is 0.160 e. The molecule has 0 radical (unpaired) electrons. The predicted molar refractivity (Wildman–Crippen MR) is 96.3 cm³/mol. The van der Waals surface area contributed by atoms with Gasteiger partial charge in [-0.05, 0) is 48.7 Å². The Bertz CT molecular complexity index is 628. The van der Waals surface area contributed by atoms with Gasteiger partial charge in [-0.25, -0.2) is 0 Å². The van der Waals surface area contributed by atoms with Gasteiger partial charge < -0.3 is 14.6 Å². The highest BCUT2D eigenvalue weighted by Gasteiger charge is 2.00. The van der Waals surface area contributed by atoms with Gasteiger partial charge in [0.05, 0.1) is 14.2 Å². The second-order valence-corrected chi connectivity index (χ2v) is 4.77. The molecule has 0 bridgehead atoms. The van der Waals surface area contributed by atoms with Crippen molar-refractivity contribution in [3.63, 3.8) is 0 Å². The van der Waals surface area contributed by atoms with Crippen LogP contribution in [-0.4, -0.2) is 19.3 Å². The summed E-state index contributed by atoms with van der Waals surface area (Å²) in [7, 11) is 3.21. The van der Waals surface area contributed by atoms with Crippen molar-refractivity contribution in [1.29, 1.82) is 0 Å². The lowest BCUT2D eigenvalue weighted by Gasteiger charge is -2.04. The van der Waals surface area contributed by atoms with Crippen LogP contribution < -0.4 is 9.47 Å². The number of hydrogen-bond acceptors (Lipinski definition) is 3. The van der Waals surface area contributed by atoms with Gasteiger partial charge in [0.1, 0.15) is 5.75 Å². The van der Waals surface area contributed by atoms with Crippen LogP contribution in [0.25, 0.3) is 6.08 Å². The lowest BCUT2D eigenvalue weighted by Crippen LogP contribution is -1.86. The number of rotatable bonds is 5. The van der Waals surface area contributed by atoms with E-state index in [2.05, 4.69) is 12.7 Å². The van der Waals surface area contributed by atoms with E-state index in [1.807, 2.05) is 49.4 Å². The van der Waals surface area contributed by atoms with Crippen LogP contribution in [0.3, 0.4) is 0 Å². The molecule has 2 rings (SSSR count). The van der Waals surface area contributed by atoms with Crippen molar-refractivity contribution < 1.29 is 14.6 Å². The lowest BCUT2D eigenvalue weighted by molar-refractivity contribution is 0.373. The molecule has 0 aliphatic carbocycles. The molecule has 3 nitrogen and oxygen atoms in total. The van der Waals surface area contributed by atoms with E-state index in [9.17, 15) is 5.11 Å². The van der Waals surface area contributed by atoms with Crippen LogP contribution in [0.15, 0.2) is 61.2 Å². The van der Waals surface area contributed by atoms with Gasteiger partial charge in [0.15, 0.2) is 11.5 Å². The largest absolute Gasteiger partial charge is 0.504 e. The molecule has 0 amide bonds. The maximum absolute atomic E-state index is 9.25. The molecule has 0 aliphatic heterocycles. The van der Waals surface area contributed by atoms with Gasteiger partial charge in [0.2, 0.25) is 0 Å². The van der Waals surface area contributed by atoms with E-state index in [4.69, 9.17) is 9.47 Å². The molecule has 0 aromatic heterocycles. The zero-order valence-corrected chi connectivity index (χ0v) is 14.0. The third kappa shape index (κ3) is 6.30. The van der Waals surface area contributed by atoms with E-state index in [1.54, 1.807) is 19.2 Å². The van der Waals surface area contributed by atoms with Gasteiger partial charge in [-0.2, -0.15) is 0 Å². The molecule has 0 atom stereocenters. The summed E-state index contributed by atoms with van der Waals surface area (Å²) < 4.78 is 9.97. The molecule has 0 spiro atoms. The summed E-state index contributed by atoms with van der Waals surface area (Å²) in [5.74, 6) is 1.58. The average Bonchev–Trinajstić information content (AvgIpc) is 2.58. The van der Waals surface area contributed by atoms with Gasteiger partial charge in [0.25, 0.3) is 0 Å². The summed E-state index contributed by atoms with van der Waals surface area (Å²) in [6, 6.07) is 13.2. The lowest BCUT2D eigenvalue weighted by atomic mass is 10.1. The third-order valence-corrected chi connectivity index (χ3v) is 3.10. The third-order valence-electron chi connectivity index (χ3n) is 3.10. The van der Waals surface area contributed by atoms with Gasteiger partial charge in [0, 0.05) is 0 Å². The first-order chi connectivity index (χ1) is 11.1. The highest BCUT2D eigenvalue weighted by atomic mass is 16.5. The molecule has 2 aromatic rings. The summed E-state index contributed by atoms with van der Waals surface area (Å²) in [5.41, 5.74) is 2.29. The van der Waals surface area contributed by atoms with Crippen LogP contribution >= 0.6 is 0 Å². The van der Waals surface area contributed by atoms with Crippen LogP contribution in [0, 0.1) is 0 Å². The van der Waals surface area contributed by atoms with Crippen molar-refractivity contribution in [1.82, 2.24) is 0 Å². The number of allylic oxidation sites excluding steroid dienone is 2. The molecule has 0 unspecified atom stereocenters. The first-order valence-electron chi connectivity index (χ1n) is 7.38. The van der Waals surface area contributed by atoms with Crippen LogP contribution in [0.1, 0.15) is 18.1 Å². The van der Waals surface area contributed by atoms with E-state index in [0.29, 0.717) is 5.75 Å². The van der Waals surface area contributed by atoms with Gasteiger partial charge >= 0.3 is 0 Å². The van der Waals surface area contributed by atoms with Crippen molar-refractivity contribution in [2.45, 2.75) is 13.3 Å². The molecule has 2 aromatic carbocycles. The van der Waals surface area contributed by atoms with Gasteiger partial charge in [-0.3, -0.25) is 0 Å². The average molecular weight is 312 g/mol. The van der Waals surface area contributed by atoms with Crippen molar-refractivity contribution in [3.8, 4) is 17.2 Å². The quantitative estimate of drug-likeness (QED) is 0.801. The molecule has 0 fully saturated rings. The van der Waals surface area contributed by atoms with Crippen molar-refractivity contribution in [3.05, 3.63) is 72.3 Å². The Hall–Kier alpha value is -2.68. The number of ether oxygens (including phenoxy) is 2. The van der Waals surface area contributed by atoms with Crippen LogP contribution in [0.4, 0.5) is 0 Å². The first kappa shape index (κ1) is 18.4. The maximum atomic E-state index is 9.25. The minimum atomic E-state index is 0.172. The number of methoxy groups -OCH3 is 2. The molecule has 0 heterocycles. The Morgan fingerprint density at radius 3 is 2.26 bits per heavy atom. The van der Waals surface area contributed by atoms with Crippen LogP contribution in [0.5, 0.6) is 17.2 Å². The van der Waals surface area contributed by atoms with E-state index >= 15 is 0 Å². The molecule has 1 N–H and O–H groups in total. The van der Waals surface area contributed by atoms with E-state index < -0.39 is 0 Å². The summed E-state index contributed by atoms with van der Waals surface area (Å²) in [5, 5.41) is 9.25.